The van der Waals surface area contributed by atoms with Gasteiger partial charge >= 0.3 is 0 Å². The van der Waals surface area contributed by atoms with Crippen molar-refractivity contribution in [2.45, 2.75) is 0 Å². The molecule has 0 N–H and O–H groups in total. The smallest absolute Gasteiger partial charge is 0.235 e. The molecule has 456 valence electrons. The second-order valence-corrected chi connectivity index (χ2v) is 26.3. The minimum atomic E-state index is 0.685. The average Bonchev–Trinajstić information content (AvgIpc) is 1.60. The predicted octanol–water partition coefficient (Wildman–Crippen LogP) is 23.9. The molecule has 0 atom stereocenters. The Balaban J connectivity index is 0.0000000964. The molecule has 0 amide bonds. The molecule has 99 heavy (non-hydrogen) atoms. The summed E-state index contributed by atoms with van der Waals surface area (Å²) in [5, 5.41) is 31.7. The van der Waals surface area contributed by atoms with Crippen molar-refractivity contribution in [3.8, 4) is 51.4 Å². The van der Waals surface area contributed by atoms with E-state index in [9.17, 15) is 0 Å². The highest BCUT2D eigenvalue weighted by Crippen LogP contribution is 2.51. The molecule has 6 aromatic heterocycles. The number of rotatable bonds is 6. The third-order valence-electron chi connectivity index (χ3n) is 21.2. The van der Waals surface area contributed by atoms with Crippen LogP contribution in [0.2, 0.25) is 0 Å². The van der Waals surface area contributed by atoms with Crippen LogP contribution in [0.4, 0.5) is 0 Å². The van der Waals surface area contributed by atoms with Crippen LogP contribution in [0.15, 0.2) is 322 Å². The van der Waals surface area contributed by atoms with Crippen LogP contribution in [0.25, 0.3) is 214 Å². The minimum Gasteiger partial charge on any atom is -0.294 e. The maximum absolute atomic E-state index is 5.19. The molecule has 0 aliphatic rings. The standard InChI is InChI=1S/C36H21N3.C31H18N2.C25H14N2/c1-3-9-22(10-4-1)28-21-29(23-11-5-2-6-12-23)38-36(37-28)39-30-16-8-15-27-26-14-7-13-24-17-18-25-19-20-31(39)35(34(27)30)33(25)32(24)26;1-2-7-19(8-3-1)24-12-6-14-27(32-24)33-25-13-5-11-23-22-10-4-9-20-15-16-21-17-18-26(33)31(30(23)25)29(21)28(20)22;1-2-14-26-21(9-1)27-19-8-4-7-18-17-6-3-5-15-10-11-16-12-13-20(27)25(24(18)19)23(16)22(15)17/h1-21H;1-18H;1-14H. The van der Waals surface area contributed by atoms with Crippen molar-refractivity contribution in [2.75, 3.05) is 0 Å². The second kappa shape index (κ2) is 20.6. The summed E-state index contributed by atoms with van der Waals surface area (Å²) in [7, 11) is 0. The second-order valence-electron chi connectivity index (χ2n) is 26.3. The highest BCUT2D eigenvalue weighted by Gasteiger charge is 2.27. The molecule has 0 aliphatic heterocycles. The van der Waals surface area contributed by atoms with Gasteiger partial charge in [0.2, 0.25) is 5.95 Å². The van der Waals surface area contributed by atoms with Gasteiger partial charge < -0.3 is 0 Å². The Morgan fingerprint density at radius 1 is 0.192 bits per heavy atom. The number of pyridine rings is 2. The SMILES string of the molecule is c1ccc(-c2cc(-c3ccccc3)nc(-n3c4cccc5c6cccc7ccc8ccc3c(c8c76)c54)n2)cc1.c1ccc(-c2cccc(-n3c4cccc5c6cccc7ccc8ccc3c(c8c76)c54)n2)cc1.c1ccc(-n2c3cccc4c5cccc6ccc7ccc2c(c7c65)c43)nc1. The molecule has 7 nitrogen and oxygen atoms in total. The largest absolute Gasteiger partial charge is 0.294 e. The molecule has 0 saturated carbocycles. The van der Waals surface area contributed by atoms with Crippen LogP contribution < -0.4 is 0 Å². The number of hydrogen-bond acceptors (Lipinski definition) is 4. The first-order chi connectivity index (χ1) is 49.1. The molecular formula is C92H53N7. The van der Waals surface area contributed by atoms with Crippen molar-refractivity contribution in [3.63, 3.8) is 0 Å². The van der Waals surface area contributed by atoms with Gasteiger partial charge in [-0.25, -0.2) is 19.9 Å². The number of nitrogens with zero attached hydrogens (tertiary/aromatic N) is 7. The first kappa shape index (κ1) is 53.9. The molecule has 0 fully saturated rings. The number of benzene rings is 18. The molecule has 7 heteroatoms. The summed E-state index contributed by atoms with van der Waals surface area (Å²) in [5.74, 6) is 2.60. The molecule has 0 aliphatic carbocycles. The van der Waals surface area contributed by atoms with Gasteiger partial charge in [0, 0.05) is 71.4 Å². The molecule has 18 aromatic carbocycles. The number of hydrogen-bond donors (Lipinski definition) is 0. The fraction of sp³-hybridized carbons (Fsp3) is 0. The van der Waals surface area contributed by atoms with Gasteiger partial charge in [0.15, 0.2) is 0 Å². The number of aromatic nitrogens is 7. The summed E-state index contributed by atoms with van der Waals surface area (Å²) in [6.45, 7) is 0. The van der Waals surface area contributed by atoms with Crippen molar-refractivity contribution in [3.05, 3.63) is 322 Å². The third kappa shape index (κ3) is 7.66. The zero-order valence-corrected chi connectivity index (χ0v) is 53.2. The van der Waals surface area contributed by atoms with Gasteiger partial charge in [-0.3, -0.25) is 13.7 Å². The van der Waals surface area contributed by atoms with Crippen molar-refractivity contribution < 1.29 is 0 Å². The molecule has 0 bridgehead atoms. The third-order valence-corrected chi connectivity index (χ3v) is 21.2. The van der Waals surface area contributed by atoms with Crippen LogP contribution in [0.1, 0.15) is 0 Å². The van der Waals surface area contributed by atoms with E-state index in [1.807, 2.05) is 30.5 Å². The van der Waals surface area contributed by atoms with E-state index in [0.29, 0.717) is 5.95 Å². The molecule has 0 radical (unpaired) electrons. The van der Waals surface area contributed by atoms with Crippen molar-refractivity contribution >= 4 is 162 Å². The Labute approximate surface area is 565 Å². The maximum Gasteiger partial charge on any atom is 0.235 e. The molecule has 6 heterocycles. The summed E-state index contributed by atoms with van der Waals surface area (Å²) < 4.78 is 6.90. The fourth-order valence-electron chi connectivity index (χ4n) is 17.1. The van der Waals surface area contributed by atoms with E-state index in [4.69, 9.17) is 15.0 Å². The molecule has 0 unspecified atom stereocenters. The van der Waals surface area contributed by atoms with Crippen LogP contribution >= 0.6 is 0 Å². The molecule has 0 spiro atoms. The predicted molar refractivity (Wildman–Crippen MR) is 415 cm³/mol. The van der Waals surface area contributed by atoms with E-state index in [-0.39, 0.29) is 0 Å². The Kier molecular flexibility index (Phi) is 11.2. The summed E-state index contributed by atoms with van der Waals surface area (Å²) >= 11 is 0. The molecular weight excluding hydrogens is 1200 g/mol. The lowest BCUT2D eigenvalue weighted by molar-refractivity contribution is 0.996. The topological polar surface area (TPSA) is 66.3 Å². The lowest BCUT2D eigenvalue weighted by Crippen LogP contribution is -2.03. The van der Waals surface area contributed by atoms with E-state index >= 15 is 0 Å². The molecule has 24 rings (SSSR count). The van der Waals surface area contributed by atoms with Crippen LogP contribution in [-0.2, 0) is 0 Å². The average molecular weight is 1260 g/mol. The van der Waals surface area contributed by atoms with Gasteiger partial charge in [0.1, 0.15) is 11.6 Å². The molecule has 0 saturated heterocycles. The van der Waals surface area contributed by atoms with E-state index in [1.54, 1.807) is 0 Å². The maximum atomic E-state index is 5.19. The van der Waals surface area contributed by atoms with Crippen LogP contribution in [0, 0.1) is 0 Å². The zero-order chi connectivity index (χ0) is 64.6. The van der Waals surface area contributed by atoms with E-state index < -0.39 is 0 Å². The summed E-state index contributed by atoms with van der Waals surface area (Å²) in [6.07, 6.45) is 1.87. The van der Waals surface area contributed by atoms with Gasteiger partial charge in [0.05, 0.1) is 50.2 Å². The van der Waals surface area contributed by atoms with E-state index in [2.05, 4.69) is 310 Å². The molecule has 24 aromatic rings. The summed E-state index contributed by atoms with van der Waals surface area (Å²) in [5.41, 5.74) is 13.2. The monoisotopic (exact) mass is 1260 g/mol. The van der Waals surface area contributed by atoms with Gasteiger partial charge in [-0.05, 0) is 148 Å². The van der Waals surface area contributed by atoms with Crippen LogP contribution in [0.5, 0.6) is 0 Å². The Bertz CT molecular complexity index is 7200. The fourth-order valence-corrected chi connectivity index (χ4v) is 17.1. The van der Waals surface area contributed by atoms with Crippen molar-refractivity contribution in [2.24, 2.45) is 0 Å². The van der Waals surface area contributed by atoms with Gasteiger partial charge in [0.25, 0.3) is 0 Å². The lowest BCUT2D eigenvalue weighted by atomic mass is 9.89. The van der Waals surface area contributed by atoms with Crippen LogP contribution in [0.3, 0.4) is 0 Å². The zero-order valence-electron chi connectivity index (χ0n) is 53.2. The van der Waals surface area contributed by atoms with Gasteiger partial charge in [-0.1, -0.05) is 249 Å². The van der Waals surface area contributed by atoms with Crippen LogP contribution in [-0.4, -0.2) is 33.6 Å². The Hall–Kier alpha value is -13.4. The highest BCUT2D eigenvalue weighted by atomic mass is 15.2. The Morgan fingerprint density at radius 2 is 0.515 bits per heavy atom. The van der Waals surface area contributed by atoms with Gasteiger partial charge in [-0.15, -0.1) is 0 Å². The summed E-state index contributed by atoms with van der Waals surface area (Å²) in [6, 6.07) is 113. The van der Waals surface area contributed by atoms with Gasteiger partial charge in [-0.2, -0.15) is 0 Å². The lowest BCUT2D eigenvalue weighted by Gasteiger charge is -2.13. The van der Waals surface area contributed by atoms with E-state index in [0.717, 1.165) is 56.4 Å². The minimum absolute atomic E-state index is 0.685. The normalized spacial score (nSPS) is 12.2. The highest BCUT2D eigenvalue weighted by molar-refractivity contribution is 6.43. The Morgan fingerprint density at radius 3 is 0.939 bits per heavy atom. The number of fused-ring (bicyclic) bond motifs is 3. The van der Waals surface area contributed by atoms with Crippen molar-refractivity contribution in [1.82, 2.24) is 33.6 Å². The summed E-state index contributed by atoms with van der Waals surface area (Å²) in [4.78, 5) is 20.2. The quantitative estimate of drug-likeness (QED) is 0.123. The van der Waals surface area contributed by atoms with Crippen molar-refractivity contribution in [1.29, 1.82) is 0 Å². The van der Waals surface area contributed by atoms with E-state index in [1.165, 1.54) is 151 Å². The first-order valence-electron chi connectivity index (χ1n) is 33.9. The first-order valence-corrected chi connectivity index (χ1v) is 33.9.